The summed E-state index contributed by atoms with van der Waals surface area (Å²) in [5.41, 5.74) is 4.33. The van der Waals surface area contributed by atoms with E-state index in [1.807, 2.05) is 34.6 Å². The summed E-state index contributed by atoms with van der Waals surface area (Å²) >= 11 is 0. The smallest absolute Gasteiger partial charge is 0.315 e. The van der Waals surface area contributed by atoms with Crippen LogP contribution in [0.4, 0.5) is 13.6 Å². The Hall–Kier alpha value is -2.79. The van der Waals surface area contributed by atoms with E-state index in [1.54, 1.807) is 0 Å². The number of Topliss-reactive ketones (excluding diaryl/α,β-unsaturated/α-hetero) is 1. The van der Waals surface area contributed by atoms with Gasteiger partial charge in [0.25, 0.3) is 5.91 Å². The lowest BCUT2D eigenvalue weighted by molar-refractivity contribution is -0.144. The fourth-order valence-electron chi connectivity index (χ4n) is 6.35. The zero-order valence-corrected chi connectivity index (χ0v) is 23.5. The molecular weight excluding hydrogens is 512 g/mol. The first kappa shape index (κ1) is 30.7. The number of piperidine rings is 1. The van der Waals surface area contributed by atoms with Crippen molar-refractivity contribution in [3.8, 4) is 0 Å². The Balaban J connectivity index is 1.85. The second kappa shape index (κ2) is 11.8. The summed E-state index contributed by atoms with van der Waals surface area (Å²) in [5, 5.41) is 8.14. The van der Waals surface area contributed by atoms with Gasteiger partial charge in [0.2, 0.25) is 24.0 Å². The van der Waals surface area contributed by atoms with E-state index in [9.17, 15) is 32.8 Å². The topological polar surface area (TPSA) is 151 Å². The molecule has 1 unspecified atom stereocenters. The van der Waals surface area contributed by atoms with Crippen LogP contribution in [0.2, 0.25) is 0 Å². The summed E-state index contributed by atoms with van der Waals surface area (Å²) in [5.74, 6) is -3.83. The molecule has 0 spiro atoms. The van der Waals surface area contributed by atoms with Crippen LogP contribution in [0.1, 0.15) is 79.6 Å². The molecule has 0 bridgehead atoms. The minimum Gasteiger partial charge on any atom is -0.363 e. The molecule has 5 amide bonds. The van der Waals surface area contributed by atoms with Gasteiger partial charge in [-0.25, -0.2) is 13.6 Å². The predicted octanol–water partition coefficient (Wildman–Crippen LogP) is 2.10. The van der Waals surface area contributed by atoms with Gasteiger partial charge >= 0.3 is 6.03 Å². The number of nitrogens with one attached hydrogen (secondary N) is 3. The molecule has 0 radical (unpaired) electrons. The standard InChI is InChI=1S/C27H43F2N5O5/c1-26(2,3)33-25(39)32-19(14-9-7-6-8-10-14)24(38)34-13-15-18(27(15,4)5)20(34)23(37)31-16(11-12-17(28)29)21(35)22(30)36/h14-20H,6-13H2,1-5H3,(H2,30,36)(H,31,37)(H2,32,33,39)/t15-,16?,18-,19-,20-/m0/s1. The summed E-state index contributed by atoms with van der Waals surface area (Å²) in [6.07, 6.45) is 0.542. The molecule has 3 aliphatic rings. The number of nitrogens with two attached hydrogens (primary N) is 1. The highest BCUT2D eigenvalue weighted by Crippen LogP contribution is 2.65. The number of alkyl halides is 2. The maximum atomic E-state index is 14.0. The lowest BCUT2D eigenvalue weighted by atomic mass is 9.83. The number of urea groups is 1. The van der Waals surface area contributed by atoms with Gasteiger partial charge in [0, 0.05) is 18.5 Å². The Kier molecular flexibility index (Phi) is 9.27. The van der Waals surface area contributed by atoms with Crippen molar-refractivity contribution < 1.29 is 32.8 Å². The van der Waals surface area contributed by atoms with Gasteiger partial charge in [-0.3, -0.25) is 19.2 Å². The van der Waals surface area contributed by atoms with Crippen molar-refractivity contribution in [3.63, 3.8) is 0 Å². The molecule has 5 N–H and O–H groups in total. The van der Waals surface area contributed by atoms with Gasteiger partial charge in [-0.1, -0.05) is 33.1 Å². The summed E-state index contributed by atoms with van der Waals surface area (Å²) in [7, 11) is 0. The van der Waals surface area contributed by atoms with Crippen LogP contribution in [0.5, 0.6) is 0 Å². The van der Waals surface area contributed by atoms with E-state index < -0.39 is 66.6 Å². The number of likely N-dealkylation sites (tertiary alicyclic amines) is 1. The molecular formula is C27H43F2N5O5. The van der Waals surface area contributed by atoms with Crippen LogP contribution in [0.3, 0.4) is 0 Å². The molecule has 2 saturated carbocycles. The first-order valence-electron chi connectivity index (χ1n) is 13.9. The van der Waals surface area contributed by atoms with E-state index in [0.29, 0.717) is 6.54 Å². The first-order chi connectivity index (χ1) is 18.0. The normalized spacial score (nSPS) is 25.8. The van der Waals surface area contributed by atoms with Crippen LogP contribution in [-0.4, -0.2) is 71.1 Å². The third-order valence-corrected chi connectivity index (χ3v) is 8.47. The summed E-state index contributed by atoms with van der Waals surface area (Å²) in [6.45, 7) is 9.77. The fraction of sp³-hybridized carbons (Fsp3) is 0.815. The second-order valence-corrected chi connectivity index (χ2v) is 12.9. The number of carbonyl (C=O) groups is 5. The van der Waals surface area contributed by atoms with Crippen LogP contribution in [0.15, 0.2) is 0 Å². The molecule has 10 nitrogen and oxygen atoms in total. The van der Waals surface area contributed by atoms with Gasteiger partial charge < -0.3 is 26.6 Å². The van der Waals surface area contributed by atoms with Crippen molar-refractivity contribution in [1.29, 1.82) is 0 Å². The average molecular weight is 556 g/mol. The van der Waals surface area contributed by atoms with Gasteiger partial charge in [-0.05, 0) is 63.2 Å². The molecule has 0 aromatic carbocycles. The largest absolute Gasteiger partial charge is 0.363 e. The van der Waals surface area contributed by atoms with Crippen molar-refractivity contribution in [2.75, 3.05) is 6.54 Å². The van der Waals surface area contributed by atoms with Crippen molar-refractivity contribution in [3.05, 3.63) is 0 Å². The predicted molar refractivity (Wildman–Crippen MR) is 139 cm³/mol. The number of nitrogens with zero attached hydrogens (tertiary/aromatic N) is 1. The number of halogens is 2. The molecule has 1 aliphatic heterocycles. The molecule has 220 valence electrons. The van der Waals surface area contributed by atoms with E-state index in [2.05, 4.69) is 16.0 Å². The number of amides is 5. The molecule has 0 aromatic rings. The molecule has 2 aliphatic carbocycles. The molecule has 3 rings (SSSR count). The Bertz CT molecular complexity index is 976. The zero-order chi connectivity index (χ0) is 29.3. The highest BCUT2D eigenvalue weighted by molar-refractivity contribution is 6.37. The second-order valence-electron chi connectivity index (χ2n) is 12.9. The maximum Gasteiger partial charge on any atom is 0.315 e. The number of rotatable bonds is 10. The van der Waals surface area contributed by atoms with Gasteiger partial charge in [0.05, 0.1) is 6.04 Å². The summed E-state index contributed by atoms with van der Waals surface area (Å²) < 4.78 is 25.8. The lowest BCUT2D eigenvalue weighted by Gasteiger charge is -2.37. The molecule has 1 heterocycles. The Morgan fingerprint density at radius 2 is 1.62 bits per heavy atom. The average Bonchev–Trinajstić information content (AvgIpc) is 3.16. The first-order valence-corrected chi connectivity index (χ1v) is 13.9. The third-order valence-electron chi connectivity index (χ3n) is 8.47. The number of carbonyl (C=O) groups excluding carboxylic acids is 5. The van der Waals surface area contributed by atoms with Crippen molar-refractivity contribution in [1.82, 2.24) is 20.9 Å². The summed E-state index contributed by atoms with van der Waals surface area (Å²) in [6, 6.07) is -3.79. The molecule has 0 aromatic heterocycles. The van der Waals surface area contributed by atoms with Crippen molar-refractivity contribution >= 4 is 29.5 Å². The van der Waals surface area contributed by atoms with E-state index in [0.717, 1.165) is 32.1 Å². The third kappa shape index (κ3) is 7.25. The highest BCUT2D eigenvalue weighted by atomic mass is 19.3. The van der Waals surface area contributed by atoms with Crippen LogP contribution in [-0.2, 0) is 19.2 Å². The monoisotopic (exact) mass is 555 g/mol. The molecule has 39 heavy (non-hydrogen) atoms. The van der Waals surface area contributed by atoms with Crippen molar-refractivity contribution in [2.45, 2.75) is 110 Å². The van der Waals surface area contributed by atoms with Gasteiger partial charge in [-0.2, -0.15) is 0 Å². The number of fused-ring (bicyclic) bond motifs is 1. The SMILES string of the molecule is CC(C)(C)NC(=O)N[C@H](C(=O)N1C[C@H]2[C@@H]([C@H]1C(=O)NC(CCC(F)F)C(=O)C(N)=O)C2(C)C)C1CCCCC1. The van der Waals surface area contributed by atoms with Gasteiger partial charge in [-0.15, -0.1) is 0 Å². The number of primary amides is 1. The quantitative estimate of drug-likeness (QED) is 0.305. The number of ketones is 1. The number of hydrogen-bond acceptors (Lipinski definition) is 5. The lowest BCUT2D eigenvalue weighted by Crippen LogP contribution is -2.61. The maximum absolute atomic E-state index is 14.0. The Morgan fingerprint density at radius 1 is 1.00 bits per heavy atom. The molecule has 3 fully saturated rings. The summed E-state index contributed by atoms with van der Waals surface area (Å²) in [4.78, 5) is 65.8. The van der Waals surface area contributed by atoms with E-state index >= 15 is 0 Å². The Morgan fingerprint density at radius 3 is 2.15 bits per heavy atom. The van der Waals surface area contributed by atoms with Crippen molar-refractivity contribution in [2.24, 2.45) is 28.9 Å². The van der Waals surface area contributed by atoms with E-state index in [4.69, 9.17) is 5.73 Å². The highest BCUT2D eigenvalue weighted by Gasteiger charge is 2.69. The molecule has 1 saturated heterocycles. The molecule has 12 heteroatoms. The van der Waals surface area contributed by atoms with Gasteiger partial charge in [0.1, 0.15) is 12.1 Å². The van der Waals surface area contributed by atoms with E-state index in [1.165, 1.54) is 4.90 Å². The van der Waals surface area contributed by atoms with Crippen LogP contribution < -0.4 is 21.7 Å². The Labute approximate surface area is 228 Å². The fourth-order valence-corrected chi connectivity index (χ4v) is 6.35. The van der Waals surface area contributed by atoms with Gasteiger partial charge in [0.15, 0.2) is 0 Å². The number of hydrogen-bond donors (Lipinski definition) is 4. The van der Waals surface area contributed by atoms with Crippen LogP contribution in [0.25, 0.3) is 0 Å². The van der Waals surface area contributed by atoms with Crippen LogP contribution in [0, 0.1) is 23.2 Å². The van der Waals surface area contributed by atoms with E-state index in [-0.39, 0.29) is 29.1 Å². The minimum atomic E-state index is -2.73. The molecule has 5 atom stereocenters. The zero-order valence-electron chi connectivity index (χ0n) is 23.5. The minimum absolute atomic E-state index is 0.0268. The van der Waals surface area contributed by atoms with Crippen LogP contribution >= 0.6 is 0 Å².